The molecule has 31 heavy (non-hydrogen) atoms. The lowest BCUT2D eigenvalue weighted by molar-refractivity contribution is -0.134. The van der Waals surface area contributed by atoms with Crippen LogP contribution in [0.15, 0.2) is 36.4 Å². The van der Waals surface area contributed by atoms with Gasteiger partial charge in [0.1, 0.15) is 0 Å². The van der Waals surface area contributed by atoms with E-state index >= 15 is 0 Å². The summed E-state index contributed by atoms with van der Waals surface area (Å²) in [5.74, 6) is 1.12. The van der Waals surface area contributed by atoms with Crippen molar-refractivity contribution < 1.29 is 19.1 Å². The van der Waals surface area contributed by atoms with E-state index in [1.807, 2.05) is 23.1 Å². The quantitative estimate of drug-likeness (QED) is 0.489. The van der Waals surface area contributed by atoms with Crippen LogP contribution in [0.4, 0.5) is 0 Å². The second kappa shape index (κ2) is 9.24. The van der Waals surface area contributed by atoms with Crippen molar-refractivity contribution in [3.05, 3.63) is 52.0 Å². The standard InChI is InChI=1S/C23H23ClN2O4S/c1-14(27)16-3-5-19(20(11-16)29-2)30-13-22(28)26-9-7-15(8-10-26)23-25-18-12-17(24)4-6-21(18)31-23/h3-6,11-12,15H,7-10,13H2,1-2H3. The maximum Gasteiger partial charge on any atom is 0.260 e. The van der Waals surface area contributed by atoms with Crippen molar-refractivity contribution in [2.75, 3.05) is 26.8 Å². The molecule has 0 N–H and O–H groups in total. The molecule has 0 bridgehead atoms. The van der Waals surface area contributed by atoms with Crippen LogP contribution in [-0.2, 0) is 4.79 Å². The number of hydrogen-bond donors (Lipinski definition) is 0. The Morgan fingerprint density at radius 3 is 2.65 bits per heavy atom. The van der Waals surface area contributed by atoms with Crippen LogP contribution in [0.2, 0.25) is 5.02 Å². The summed E-state index contributed by atoms with van der Waals surface area (Å²) in [6.07, 6.45) is 1.74. The smallest absolute Gasteiger partial charge is 0.260 e. The molecule has 0 radical (unpaired) electrons. The van der Waals surface area contributed by atoms with Gasteiger partial charge in [0.15, 0.2) is 23.9 Å². The number of likely N-dealkylation sites (tertiary alicyclic amines) is 1. The molecule has 6 nitrogen and oxygen atoms in total. The van der Waals surface area contributed by atoms with Crippen LogP contribution < -0.4 is 9.47 Å². The molecule has 8 heteroatoms. The van der Waals surface area contributed by atoms with Gasteiger partial charge in [-0.25, -0.2) is 4.98 Å². The number of amides is 1. The molecule has 4 rings (SSSR count). The predicted molar refractivity (Wildman–Crippen MR) is 122 cm³/mol. The SMILES string of the molecule is COc1cc(C(C)=O)ccc1OCC(=O)N1CCC(c2nc3cc(Cl)ccc3s2)CC1. The molecule has 1 aliphatic rings. The molecule has 2 aromatic carbocycles. The number of nitrogens with zero attached hydrogens (tertiary/aromatic N) is 2. The van der Waals surface area contributed by atoms with Gasteiger partial charge in [-0.15, -0.1) is 11.3 Å². The number of Topliss-reactive ketones (excluding diaryl/α,β-unsaturated/α-hetero) is 1. The number of rotatable bonds is 6. The van der Waals surface area contributed by atoms with Crippen molar-refractivity contribution in [1.29, 1.82) is 0 Å². The minimum Gasteiger partial charge on any atom is -0.493 e. The number of halogens is 1. The number of carbonyl (C=O) groups excluding carboxylic acids is 2. The topological polar surface area (TPSA) is 68.7 Å². The Bertz CT molecular complexity index is 1120. The third-order valence-electron chi connectivity index (χ3n) is 5.48. The molecular formula is C23H23ClN2O4S. The first-order valence-corrected chi connectivity index (χ1v) is 11.3. The summed E-state index contributed by atoms with van der Waals surface area (Å²) < 4.78 is 12.1. The van der Waals surface area contributed by atoms with E-state index < -0.39 is 0 Å². The molecule has 3 aromatic rings. The fourth-order valence-corrected chi connectivity index (χ4v) is 4.99. The summed E-state index contributed by atoms with van der Waals surface area (Å²) in [4.78, 5) is 30.8. The zero-order valence-corrected chi connectivity index (χ0v) is 19.0. The first-order chi connectivity index (χ1) is 14.9. The Kier molecular flexibility index (Phi) is 6.43. The van der Waals surface area contributed by atoms with Crippen molar-refractivity contribution in [2.24, 2.45) is 0 Å². The van der Waals surface area contributed by atoms with Gasteiger partial charge >= 0.3 is 0 Å². The first kappa shape index (κ1) is 21.6. The summed E-state index contributed by atoms with van der Waals surface area (Å²) in [7, 11) is 1.51. The minimum absolute atomic E-state index is 0.0555. The average molecular weight is 459 g/mol. The van der Waals surface area contributed by atoms with Gasteiger partial charge < -0.3 is 14.4 Å². The number of aromatic nitrogens is 1. The number of carbonyl (C=O) groups is 2. The molecule has 2 heterocycles. The van der Waals surface area contributed by atoms with Crippen molar-refractivity contribution in [2.45, 2.75) is 25.7 Å². The predicted octanol–water partition coefficient (Wildman–Crippen LogP) is 4.95. The first-order valence-electron chi connectivity index (χ1n) is 10.1. The lowest BCUT2D eigenvalue weighted by Crippen LogP contribution is -2.40. The van der Waals surface area contributed by atoms with E-state index in [1.54, 1.807) is 29.5 Å². The average Bonchev–Trinajstić information content (AvgIpc) is 3.20. The number of thiazole rings is 1. The normalized spacial score (nSPS) is 14.6. The Morgan fingerprint density at radius 1 is 1.16 bits per heavy atom. The number of hydrogen-bond acceptors (Lipinski definition) is 6. The van der Waals surface area contributed by atoms with Gasteiger partial charge in [0, 0.05) is 29.6 Å². The highest BCUT2D eigenvalue weighted by atomic mass is 35.5. The van der Waals surface area contributed by atoms with Crippen molar-refractivity contribution in [1.82, 2.24) is 9.88 Å². The molecule has 1 aromatic heterocycles. The van der Waals surface area contributed by atoms with Crippen molar-refractivity contribution in [3.8, 4) is 11.5 Å². The third kappa shape index (κ3) is 4.83. The van der Waals surface area contributed by atoms with Gasteiger partial charge in [0.25, 0.3) is 5.91 Å². The second-order valence-corrected chi connectivity index (χ2v) is 9.03. The molecule has 0 saturated carbocycles. The summed E-state index contributed by atoms with van der Waals surface area (Å²) >= 11 is 7.77. The van der Waals surface area contributed by atoms with Crippen LogP contribution >= 0.6 is 22.9 Å². The van der Waals surface area contributed by atoms with E-state index in [2.05, 4.69) is 0 Å². The van der Waals surface area contributed by atoms with Gasteiger partial charge in [-0.2, -0.15) is 0 Å². The lowest BCUT2D eigenvalue weighted by Gasteiger charge is -2.31. The molecule has 1 saturated heterocycles. The van der Waals surface area contributed by atoms with E-state index in [9.17, 15) is 9.59 Å². The number of piperidine rings is 1. The van der Waals surface area contributed by atoms with Gasteiger partial charge in [0.2, 0.25) is 0 Å². The molecule has 162 valence electrons. The third-order valence-corrected chi connectivity index (χ3v) is 6.92. The van der Waals surface area contributed by atoms with Crippen molar-refractivity contribution >= 4 is 44.8 Å². The largest absolute Gasteiger partial charge is 0.493 e. The molecule has 1 aliphatic heterocycles. The Morgan fingerprint density at radius 2 is 1.94 bits per heavy atom. The summed E-state index contributed by atoms with van der Waals surface area (Å²) in [6, 6.07) is 10.7. The monoisotopic (exact) mass is 458 g/mol. The number of ketones is 1. The Balaban J connectivity index is 1.33. The number of methoxy groups -OCH3 is 1. The number of benzene rings is 2. The Hall–Kier alpha value is -2.64. The molecule has 1 fully saturated rings. The maximum atomic E-state index is 12.6. The van der Waals surface area contributed by atoms with Crippen LogP contribution in [0.25, 0.3) is 10.2 Å². The summed E-state index contributed by atoms with van der Waals surface area (Å²) in [6.45, 7) is 2.76. The van der Waals surface area contributed by atoms with Gasteiger partial charge in [-0.1, -0.05) is 11.6 Å². The number of ether oxygens (including phenoxy) is 2. The zero-order chi connectivity index (χ0) is 22.0. The fourth-order valence-electron chi connectivity index (χ4n) is 3.71. The highest BCUT2D eigenvalue weighted by molar-refractivity contribution is 7.18. The van der Waals surface area contributed by atoms with Crippen LogP contribution in [-0.4, -0.2) is 48.4 Å². The fraction of sp³-hybridized carbons (Fsp3) is 0.348. The Labute approximate surface area is 189 Å². The number of fused-ring (bicyclic) bond motifs is 1. The van der Waals surface area contributed by atoms with Gasteiger partial charge in [-0.05, 0) is 56.2 Å². The van der Waals surface area contributed by atoms with Crippen LogP contribution in [0.5, 0.6) is 11.5 Å². The van der Waals surface area contributed by atoms with Gasteiger partial charge in [0.05, 0.1) is 22.3 Å². The van der Waals surface area contributed by atoms with E-state index in [-0.39, 0.29) is 18.3 Å². The van der Waals surface area contributed by atoms with Gasteiger partial charge in [-0.3, -0.25) is 9.59 Å². The molecule has 1 amide bonds. The van der Waals surface area contributed by atoms with Crippen LogP contribution in [0.1, 0.15) is 41.0 Å². The van der Waals surface area contributed by atoms with E-state index in [0.717, 1.165) is 28.1 Å². The summed E-state index contributed by atoms with van der Waals surface area (Å²) in [5.41, 5.74) is 1.47. The highest BCUT2D eigenvalue weighted by Crippen LogP contribution is 2.35. The highest BCUT2D eigenvalue weighted by Gasteiger charge is 2.26. The van der Waals surface area contributed by atoms with Crippen LogP contribution in [0, 0.1) is 0 Å². The molecule has 0 atom stereocenters. The molecular weight excluding hydrogens is 436 g/mol. The maximum absolute atomic E-state index is 12.6. The molecule has 0 unspecified atom stereocenters. The lowest BCUT2D eigenvalue weighted by atomic mass is 9.97. The van der Waals surface area contributed by atoms with E-state index in [0.29, 0.717) is 41.1 Å². The van der Waals surface area contributed by atoms with Crippen molar-refractivity contribution in [3.63, 3.8) is 0 Å². The molecule has 0 spiro atoms. The van der Waals surface area contributed by atoms with E-state index in [1.165, 1.54) is 14.0 Å². The summed E-state index contributed by atoms with van der Waals surface area (Å²) in [5, 5.41) is 1.80. The molecule has 0 aliphatic carbocycles. The second-order valence-electron chi connectivity index (χ2n) is 7.53. The minimum atomic E-state index is -0.0694. The zero-order valence-electron chi connectivity index (χ0n) is 17.4. The van der Waals surface area contributed by atoms with Crippen LogP contribution in [0.3, 0.4) is 0 Å². The van der Waals surface area contributed by atoms with E-state index in [4.69, 9.17) is 26.1 Å².